The zero-order valence-electron chi connectivity index (χ0n) is 18.9. The van der Waals surface area contributed by atoms with Crippen LogP contribution in [0.15, 0.2) is 58.0 Å². The first-order valence-electron chi connectivity index (χ1n) is 11.4. The molecule has 0 spiro atoms. The van der Waals surface area contributed by atoms with Crippen molar-refractivity contribution in [3.63, 3.8) is 0 Å². The highest BCUT2D eigenvalue weighted by Gasteiger charge is 2.38. The average molecular weight is 464 g/mol. The summed E-state index contributed by atoms with van der Waals surface area (Å²) in [6.45, 7) is 2.68. The minimum absolute atomic E-state index is 0.00130. The third-order valence-electron chi connectivity index (χ3n) is 6.52. The minimum Gasteiger partial charge on any atom is -0.421 e. The van der Waals surface area contributed by atoms with Gasteiger partial charge in [0.15, 0.2) is 0 Å². The number of hydrogen-bond acceptors (Lipinski definition) is 7. The van der Waals surface area contributed by atoms with E-state index in [-0.39, 0.29) is 17.8 Å². The van der Waals surface area contributed by atoms with Crippen LogP contribution < -0.4 is 5.01 Å². The predicted molar refractivity (Wildman–Crippen MR) is 125 cm³/mol. The van der Waals surface area contributed by atoms with Crippen LogP contribution in [0.2, 0.25) is 0 Å². The molecule has 1 atom stereocenters. The number of amides is 1. The van der Waals surface area contributed by atoms with E-state index in [1.165, 1.54) is 12.1 Å². The quantitative estimate of drug-likeness (QED) is 0.618. The smallest absolute Gasteiger partial charge is 0.253 e. The normalized spacial score (nSPS) is 19.6. The molecule has 176 valence electrons. The van der Waals surface area contributed by atoms with Crippen LogP contribution in [0.4, 0.5) is 10.1 Å². The molecular weight excluding hydrogens is 437 g/mol. The molecule has 1 amide bonds. The van der Waals surface area contributed by atoms with Crippen molar-refractivity contribution in [1.29, 1.82) is 0 Å². The monoisotopic (exact) mass is 463 g/mol. The number of anilines is 1. The first-order valence-corrected chi connectivity index (χ1v) is 11.4. The first-order chi connectivity index (χ1) is 16.4. The van der Waals surface area contributed by atoms with Gasteiger partial charge < -0.3 is 14.4 Å². The number of aliphatic hydroxyl groups is 1. The van der Waals surface area contributed by atoms with Crippen LogP contribution in [0, 0.1) is 12.7 Å². The number of carbonyl (C=O) groups is 1. The third kappa shape index (κ3) is 4.56. The van der Waals surface area contributed by atoms with Crippen molar-refractivity contribution < 1.29 is 18.7 Å². The fraction of sp³-hybridized carbons (Fsp3) is 0.360. The predicted octanol–water partition coefficient (Wildman–Crippen LogP) is 3.81. The van der Waals surface area contributed by atoms with Crippen molar-refractivity contribution in [1.82, 2.24) is 15.1 Å². The van der Waals surface area contributed by atoms with Gasteiger partial charge in [0.2, 0.25) is 11.8 Å². The van der Waals surface area contributed by atoms with Gasteiger partial charge in [0.25, 0.3) is 5.91 Å². The highest BCUT2D eigenvalue weighted by atomic mass is 19.1. The molecule has 1 saturated heterocycles. The Morgan fingerprint density at radius 3 is 2.47 bits per heavy atom. The lowest BCUT2D eigenvalue weighted by molar-refractivity contribution is -0.0268. The summed E-state index contributed by atoms with van der Waals surface area (Å²) in [6.07, 6.45) is 4.06. The van der Waals surface area contributed by atoms with Crippen LogP contribution in [0.1, 0.15) is 41.9 Å². The maximum atomic E-state index is 13.3. The number of hydrogen-bond donors (Lipinski definition) is 1. The summed E-state index contributed by atoms with van der Waals surface area (Å²) in [6, 6.07) is 13.3. The summed E-state index contributed by atoms with van der Waals surface area (Å²) >= 11 is 0. The maximum absolute atomic E-state index is 13.3. The molecule has 9 heteroatoms. The molecule has 0 radical (unpaired) electrons. The molecule has 1 aromatic heterocycles. The van der Waals surface area contributed by atoms with Gasteiger partial charge in [0.05, 0.1) is 17.3 Å². The lowest BCUT2D eigenvalue weighted by Gasteiger charge is -2.40. The summed E-state index contributed by atoms with van der Waals surface area (Å²) in [5.74, 6) is 0.553. The molecule has 1 N–H and O–H groups in total. The van der Waals surface area contributed by atoms with Crippen molar-refractivity contribution in [2.75, 3.05) is 18.1 Å². The molecule has 2 aliphatic rings. The molecule has 5 rings (SSSR count). The molecular formula is C25H26FN5O3. The molecule has 1 fully saturated rings. The summed E-state index contributed by atoms with van der Waals surface area (Å²) in [7, 11) is 0. The van der Waals surface area contributed by atoms with Crippen LogP contribution >= 0.6 is 0 Å². The minimum atomic E-state index is -0.882. The fourth-order valence-corrected chi connectivity index (χ4v) is 4.61. The number of aryl methyl sites for hydroxylation is 1. The SMILES string of the molecule is Cc1nnc(-c2ccc(C(=O)N3CCC(O)(CC4CC=NN4c4ccc(F)cc4)CC3)cc2)o1. The van der Waals surface area contributed by atoms with Crippen LogP contribution in [-0.4, -0.2) is 57.1 Å². The van der Waals surface area contributed by atoms with Gasteiger partial charge in [0, 0.05) is 43.8 Å². The van der Waals surface area contributed by atoms with E-state index in [1.54, 1.807) is 48.2 Å². The standard InChI is InChI=1S/C25H26FN5O3/c1-17-28-29-23(34-17)18-2-4-19(5-3-18)24(32)30-14-11-25(33,12-15-30)16-22-10-13-27-31(22)21-8-6-20(26)7-9-21/h2-9,13,22,33H,10-12,14-16H2,1H3. The number of piperidine rings is 1. The van der Waals surface area contributed by atoms with Crippen molar-refractivity contribution >= 4 is 17.8 Å². The molecule has 3 heterocycles. The maximum Gasteiger partial charge on any atom is 0.253 e. The van der Waals surface area contributed by atoms with E-state index in [9.17, 15) is 14.3 Å². The van der Waals surface area contributed by atoms with Crippen LogP contribution in [0.5, 0.6) is 0 Å². The summed E-state index contributed by atoms with van der Waals surface area (Å²) in [4.78, 5) is 14.8. The molecule has 0 saturated carbocycles. The second kappa shape index (κ2) is 8.98. The van der Waals surface area contributed by atoms with Gasteiger partial charge >= 0.3 is 0 Å². The Morgan fingerprint density at radius 1 is 1.12 bits per heavy atom. The Labute approximate surface area is 196 Å². The van der Waals surface area contributed by atoms with Crippen LogP contribution in [0.25, 0.3) is 11.5 Å². The summed E-state index contributed by atoms with van der Waals surface area (Å²) in [5.41, 5.74) is 1.26. The first kappa shape index (κ1) is 22.2. The summed E-state index contributed by atoms with van der Waals surface area (Å²) < 4.78 is 18.7. The Hall–Kier alpha value is -3.59. The van der Waals surface area contributed by atoms with E-state index in [0.717, 1.165) is 11.3 Å². The van der Waals surface area contributed by atoms with Gasteiger partial charge in [-0.25, -0.2) is 4.39 Å². The number of aromatic nitrogens is 2. The van der Waals surface area contributed by atoms with Gasteiger partial charge in [-0.05, 0) is 67.8 Å². The number of rotatable bonds is 5. The zero-order valence-corrected chi connectivity index (χ0v) is 18.9. The number of benzene rings is 2. The topological polar surface area (TPSA) is 95.1 Å². The Kier molecular flexibility index (Phi) is 5.87. The number of nitrogens with zero attached hydrogens (tertiary/aromatic N) is 5. The van der Waals surface area contributed by atoms with Gasteiger partial charge in [-0.3, -0.25) is 9.80 Å². The van der Waals surface area contributed by atoms with Gasteiger partial charge in [0.1, 0.15) is 5.82 Å². The summed E-state index contributed by atoms with van der Waals surface area (Å²) in [5, 5.41) is 25.4. The van der Waals surface area contributed by atoms with E-state index in [1.807, 2.05) is 11.2 Å². The average Bonchev–Trinajstić information content (AvgIpc) is 3.48. The van der Waals surface area contributed by atoms with Gasteiger partial charge in [-0.1, -0.05) is 0 Å². The largest absolute Gasteiger partial charge is 0.421 e. The number of halogens is 1. The van der Waals surface area contributed by atoms with E-state index in [0.29, 0.717) is 56.1 Å². The molecule has 3 aromatic rings. The molecule has 0 aliphatic carbocycles. The molecule has 2 aliphatic heterocycles. The van der Waals surface area contributed by atoms with Crippen LogP contribution in [-0.2, 0) is 0 Å². The molecule has 1 unspecified atom stereocenters. The van der Waals surface area contributed by atoms with E-state index < -0.39 is 5.60 Å². The van der Waals surface area contributed by atoms with Crippen LogP contribution in [0.3, 0.4) is 0 Å². The van der Waals surface area contributed by atoms with E-state index in [4.69, 9.17) is 4.42 Å². The lowest BCUT2D eigenvalue weighted by atomic mass is 9.84. The molecule has 2 aromatic carbocycles. The van der Waals surface area contributed by atoms with Crippen molar-refractivity contribution in [3.8, 4) is 11.5 Å². The van der Waals surface area contributed by atoms with Gasteiger partial charge in [-0.2, -0.15) is 5.10 Å². The molecule has 0 bridgehead atoms. The van der Waals surface area contributed by atoms with Crippen molar-refractivity contribution in [2.24, 2.45) is 5.10 Å². The van der Waals surface area contributed by atoms with Gasteiger partial charge in [-0.15, -0.1) is 10.2 Å². The fourth-order valence-electron chi connectivity index (χ4n) is 4.61. The van der Waals surface area contributed by atoms with Crippen molar-refractivity contribution in [3.05, 3.63) is 65.8 Å². The lowest BCUT2D eigenvalue weighted by Crippen LogP contribution is -2.49. The Bertz CT molecular complexity index is 1180. The van der Waals surface area contributed by atoms with E-state index in [2.05, 4.69) is 15.3 Å². The number of likely N-dealkylation sites (tertiary alicyclic amines) is 1. The number of hydrazone groups is 1. The molecule has 34 heavy (non-hydrogen) atoms. The highest BCUT2D eigenvalue weighted by Crippen LogP contribution is 2.33. The second-order valence-corrected chi connectivity index (χ2v) is 8.93. The highest BCUT2D eigenvalue weighted by molar-refractivity contribution is 5.94. The zero-order chi connectivity index (χ0) is 23.7. The Balaban J connectivity index is 1.19. The third-order valence-corrected chi connectivity index (χ3v) is 6.52. The van der Waals surface area contributed by atoms with E-state index >= 15 is 0 Å². The molecule has 8 nitrogen and oxygen atoms in total. The van der Waals surface area contributed by atoms with Crippen molar-refractivity contribution in [2.45, 2.75) is 44.2 Å². The second-order valence-electron chi connectivity index (χ2n) is 8.93. The Morgan fingerprint density at radius 2 is 1.82 bits per heavy atom. The number of carbonyl (C=O) groups excluding carboxylic acids is 1.